The van der Waals surface area contributed by atoms with E-state index >= 15 is 0 Å². The van der Waals surface area contributed by atoms with E-state index in [1.54, 1.807) is 4.90 Å². The number of hydrogen-bond donors (Lipinski definition) is 1. The first-order valence-electron chi connectivity index (χ1n) is 6.47. The van der Waals surface area contributed by atoms with Crippen LogP contribution in [0.3, 0.4) is 0 Å². The van der Waals surface area contributed by atoms with Crippen molar-refractivity contribution in [3.05, 3.63) is 0 Å². The maximum absolute atomic E-state index is 12.1. The van der Waals surface area contributed by atoms with Gasteiger partial charge in [0.15, 0.2) is 0 Å². The van der Waals surface area contributed by atoms with E-state index in [-0.39, 0.29) is 11.8 Å². The number of rotatable bonds is 5. The Morgan fingerprint density at radius 1 is 1.26 bits per heavy atom. The van der Waals surface area contributed by atoms with Crippen molar-refractivity contribution < 1.29 is 13.2 Å². The topological polar surface area (TPSA) is 87.0 Å². The number of carbonyl (C=O) groups is 1. The molecular formula is C11H24N4O3S. The van der Waals surface area contributed by atoms with Crippen molar-refractivity contribution >= 4 is 16.1 Å². The molecular weight excluding hydrogens is 268 g/mol. The number of nitrogens with zero attached hydrogens (tertiary/aromatic N) is 3. The van der Waals surface area contributed by atoms with Gasteiger partial charge in [0.05, 0.1) is 0 Å². The lowest BCUT2D eigenvalue weighted by molar-refractivity contribution is -0.136. The lowest BCUT2D eigenvalue weighted by atomic mass is 10.1. The molecule has 1 aliphatic heterocycles. The van der Waals surface area contributed by atoms with Crippen LogP contribution < -0.4 is 5.73 Å². The van der Waals surface area contributed by atoms with Gasteiger partial charge in [-0.05, 0) is 13.0 Å². The fourth-order valence-electron chi connectivity index (χ4n) is 2.06. The summed E-state index contributed by atoms with van der Waals surface area (Å²) in [7, 11) is -0.351. The van der Waals surface area contributed by atoms with Crippen molar-refractivity contribution in [3.8, 4) is 0 Å². The summed E-state index contributed by atoms with van der Waals surface area (Å²) in [4.78, 5) is 13.8. The van der Waals surface area contributed by atoms with Gasteiger partial charge >= 0.3 is 0 Å². The highest BCUT2D eigenvalue weighted by molar-refractivity contribution is 7.86. The Balaban J connectivity index is 2.56. The average molecular weight is 292 g/mol. The van der Waals surface area contributed by atoms with Gasteiger partial charge in [-0.3, -0.25) is 4.79 Å². The third-order valence-electron chi connectivity index (χ3n) is 3.36. The molecule has 0 saturated carbocycles. The largest absolute Gasteiger partial charge is 0.340 e. The van der Waals surface area contributed by atoms with E-state index in [4.69, 9.17) is 5.73 Å². The number of piperazine rings is 1. The van der Waals surface area contributed by atoms with Crippen LogP contribution in [0.15, 0.2) is 0 Å². The zero-order valence-electron chi connectivity index (χ0n) is 11.9. The Hall–Kier alpha value is -0.700. The maximum Gasteiger partial charge on any atom is 0.281 e. The van der Waals surface area contributed by atoms with Gasteiger partial charge in [0, 0.05) is 46.2 Å². The number of amides is 1. The molecule has 1 heterocycles. The number of hydrogen-bond acceptors (Lipinski definition) is 4. The third kappa shape index (κ3) is 3.88. The molecule has 112 valence electrons. The number of nitrogens with two attached hydrogens (primary N) is 1. The van der Waals surface area contributed by atoms with Crippen LogP contribution in [0.2, 0.25) is 0 Å². The van der Waals surface area contributed by atoms with Crippen LogP contribution >= 0.6 is 0 Å². The molecule has 1 aliphatic rings. The first kappa shape index (κ1) is 16.4. The van der Waals surface area contributed by atoms with E-state index in [9.17, 15) is 13.2 Å². The highest BCUT2D eigenvalue weighted by Gasteiger charge is 2.31. The molecule has 1 fully saturated rings. The lowest BCUT2D eigenvalue weighted by Gasteiger charge is -2.36. The monoisotopic (exact) mass is 292 g/mol. The van der Waals surface area contributed by atoms with Gasteiger partial charge in [0.25, 0.3) is 10.2 Å². The van der Waals surface area contributed by atoms with Crippen molar-refractivity contribution in [2.45, 2.75) is 13.3 Å². The van der Waals surface area contributed by atoms with Crippen molar-refractivity contribution in [1.29, 1.82) is 0 Å². The molecule has 8 heteroatoms. The van der Waals surface area contributed by atoms with Crippen molar-refractivity contribution in [1.82, 2.24) is 13.5 Å². The van der Waals surface area contributed by atoms with Crippen LogP contribution in [0.4, 0.5) is 0 Å². The van der Waals surface area contributed by atoms with Gasteiger partial charge in [0.1, 0.15) is 0 Å². The first-order chi connectivity index (χ1) is 8.80. The second-order valence-electron chi connectivity index (χ2n) is 4.99. The van der Waals surface area contributed by atoms with Crippen molar-refractivity contribution in [3.63, 3.8) is 0 Å². The third-order valence-corrected chi connectivity index (χ3v) is 5.30. The quantitative estimate of drug-likeness (QED) is 0.698. The van der Waals surface area contributed by atoms with E-state index in [1.807, 2.05) is 6.92 Å². The predicted molar refractivity (Wildman–Crippen MR) is 73.6 cm³/mol. The highest BCUT2D eigenvalue weighted by Crippen LogP contribution is 2.13. The highest BCUT2D eigenvalue weighted by atomic mass is 32.2. The molecule has 0 aliphatic carbocycles. The second kappa shape index (κ2) is 6.65. The normalized spacial score (nSPS) is 19.7. The summed E-state index contributed by atoms with van der Waals surface area (Å²) in [5, 5.41) is 0. The van der Waals surface area contributed by atoms with Crippen LogP contribution in [0, 0.1) is 5.92 Å². The van der Waals surface area contributed by atoms with Gasteiger partial charge in [-0.2, -0.15) is 17.0 Å². The average Bonchev–Trinajstić information content (AvgIpc) is 2.38. The molecule has 0 bridgehead atoms. The zero-order chi connectivity index (χ0) is 14.6. The fourth-order valence-corrected chi connectivity index (χ4v) is 3.14. The van der Waals surface area contributed by atoms with Crippen LogP contribution in [0.1, 0.15) is 13.3 Å². The van der Waals surface area contributed by atoms with Crippen LogP contribution in [-0.4, -0.2) is 74.7 Å². The van der Waals surface area contributed by atoms with E-state index in [2.05, 4.69) is 0 Å². The summed E-state index contributed by atoms with van der Waals surface area (Å²) in [6.07, 6.45) is 0.662. The van der Waals surface area contributed by atoms with Gasteiger partial charge < -0.3 is 10.6 Å². The summed E-state index contributed by atoms with van der Waals surface area (Å²) in [6, 6.07) is 0. The molecule has 1 unspecified atom stereocenters. The SMILES string of the molecule is CC(CCN)C(=O)N1CCN(S(=O)(=O)N(C)C)CC1. The van der Waals surface area contributed by atoms with E-state index in [1.165, 1.54) is 22.7 Å². The Bertz CT molecular complexity index is 402. The molecule has 0 aromatic rings. The van der Waals surface area contributed by atoms with Gasteiger partial charge in [-0.15, -0.1) is 0 Å². The minimum atomic E-state index is -3.37. The summed E-state index contributed by atoms with van der Waals surface area (Å²) < 4.78 is 26.5. The summed E-state index contributed by atoms with van der Waals surface area (Å²) in [5.74, 6) is -0.0330. The molecule has 0 radical (unpaired) electrons. The minimum Gasteiger partial charge on any atom is -0.340 e. The molecule has 0 spiro atoms. The first-order valence-corrected chi connectivity index (χ1v) is 7.87. The standard InChI is InChI=1S/C11H24N4O3S/c1-10(4-5-12)11(16)14-6-8-15(9-7-14)19(17,18)13(2)3/h10H,4-9,12H2,1-3H3. The van der Waals surface area contributed by atoms with Crippen LogP contribution in [0.25, 0.3) is 0 Å². The van der Waals surface area contributed by atoms with Crippen LogP contribution in [-0.2, 0) is 15.0 Å². The molecule has 2 N–H and O–H groups in total. The van der Waals surface area contributed by atoms with Gasteiger partial charge in [-0.25, -0.2) is 0 Å². The fraction of sp³-hybridized carbons (Fsp3) is 0.909. The van der Waals surface area contributed by atoms with Gasteiger partial charge in [0.2, 0.25) is 5.91 Å². The summed E-state index contributed by atoms with van der Waals surface area (Å²) in [6.45, 7) is 3.94. The van der Waals surface area contributed by atoms with Crippen LogP contribution in [0.5, 0.6) is 0 Å². The molecule has 1 saturated heterocycles. The van der Waals surface area contributed by atoms with E-state index < -0.39 is 10.2 Å². The molecule has 1 atom stereocenters. The molecule has 1 amide bonds. The molecule has 7 nitrogen and oxygen atoms in total. The number of carbonyl (C=O) groups excluding carboxylic acids is 1. The lowest BCUT2D eigenvalue weighted by Crippen LogP contribution is -2.53. The molecule has 1 rings (SSSR count). The van der Waals surface area contributed by atoms with E-state index in [0.717, 1.165) is 0 Å². The Labute approximate surface area is 115 Å². The maximum atomic E-state index is 12.1. The minimum absolute atomic E-state index is 0.0624. The zero-order valence-corrected chi connectivity index (χ0v) is 12.7. The molecule has 0 aromatic carbocycles. The van der Waals surface area contributed by atoms with Crippen molar-refractivity contribution in [2.75, 3.05) is 46.8 Å². The Morgan fingerprint density at radius 3 is 2.21 bits per heavy atom. The summed E-state index contributed by atoms with van der Waals surface area (Å²) >= 11 is 0. The Kier molecular flexibility index (Phi) is 5.72. The smallest absolute Gasteiger partial charge is 0.281 e. The van der Waals surface area contributed by atoms with Crippen molar-refractivity contribution in [2.24, 2.45) is 11.7 Å². The molecule has 0 aromatic heterocycles. The Morgan fingerprint density at radius 2 is 1.79 bits per heavy atom. The molecule has 19 heavy (non-hydrogen) atoms. The van der Waals surface area contributed by atoms with E-state index in [0.29, 0.717) is 39.1 Å². The predicted octanol–water partition coefficient (Wildman–Crippen LogP) is -1.08. The second-order valence-corrected chi connectivity index (χ2v) is 7.14. The van der Waals surface area contributed by atoms with Gasteiger partial charge in [-0.1, -0.05) is 6.92 Å². The summed E-state index contributed by atoms with van der Waals surface area (Å²) in [5.41, 5.74) is 5.45.